The van der Waals surface area contributed by atoms with Crippen LogP contribution in [0.4, 0.5) is 4.39 Å². The molecule has 4 amide bonds. The maximum atomic E-state index is 13.1. The number of benzene rings is 1. The normalized spacial score (nSPS) is 17.8. The molecular formula is C24H27FN6O6. The average molecular weight is 515 g/mol. The van der Waals surface area contributed by atoms with Gasteiger partial charge in [0.05, 0.1) is 0 Å². The second-order valence-corrected chi connectivity index (χ2v) is 9.08. The van der Waals surface area contributed by atoms with Crippen LogP contribution in [0, 0.1) is 5.82 Å². The summed E-state index contributed by atoms with van der Waals surface area (Å²) in [7, 11) is 3.12. The van der Waals surface area contributed by atoms with Gasteiger partial charge in [0.1, 0.15) is 17.7 Å². The molecule has 0 aliphatic carbocycles. The van der Waals surface area contributed by atoms with Crippen LogP contribution in [0.15, 0.2) is 29.1 Å². The number of aromatic nitrogens is 2. The van der Waals surface area contributed by atoms with Crippen LogP contribution in [-0.4, -0.2) is 86.7 Å². The Kier molecular flexibility index (Phi) is 7.34. The molecule has 2 aliphatic heterocycles. The molecule has 13 heteroatoms. The van der Waals surface area contributed by atoms with E-state index in [-0.39, 0.29) is 38.4 Å². The fourth-order valence-corrected chi connectivity index (χ4v) is 4.36. The smallest absolute Gasteiger partial charge is 0.318 e. The first-order chi connectivity index (χ1) is 17.6. The lowest BCUT2D eigenvalue weighted by molar-refractivity contribution is -0.155. The zero-order chi connectivity index (χ0) is 26.9. The number of hydrogen-bond acceptors (Lipinski definition) is 8. The lowest BCUT2D eigenvalue weighted by Gasteiger charge is -2.30. The maximum Gasteiger partial charge on any atom is 0.318 e. The van der Waals surface area contributed by atoms with Gasteiger partial charge < -0.3 is 20.2 Å². The molecule has 4 rings (SSSR count). The number of likely N-dealkylation sites (tertiary alicyclic amines) is 1. The summed E-state index contributed by atoms with van der Waals surface area (Å²) in [5.41, 5.74) is -0.811. The van der Waals surface area contributed by atoms with Crippen molar-refractivity contribution in [2.24, 2.45) is 0 Å². The Morgan fingerprint density at radius 1 is 1.16 bits per heavy atom. The predicted octanol–water partition coefficient (Wildman–Crippen LogP) is -0.388. The molecule has 2 aliphatic rings. The van der Waals surface area contributed by atoms with Gasteiger partial charge in [-0.25, -0.2) is 9.37 Å². The van der Waals surface area contributed by atoms with E-state index < -0.39 is 52.5 Å². The summed E-state index contributed by atoms with van der Waals surface area (Å²) in [5, 5.41) is 13.1. The summed E-state index contributed by atoms with van der Waals surface area (Å²) in [6.45, 7) is 0.822. The van der Waals surface area contributed by atoms with Crippen molar-refractivity contribution < 1.29 is 28.7 Å². The van der Waals surface area contributed by atoms with Crippen LogP contribution in [0.2, 0.25) is 0 Å². The largest absolute Gasteiger partial charge is 0.501 e. The third-order valence-corrected chi connectivity index (χ3v) is 6.53. The summed E-state index contributed by atoms with van der Waals surface area (Å²) in [6, 6.07) is 4.49. The van der Waals surface area contributed by atoms with Crippen LogP contribution in [0.5, 0.6) is 5.75 Å². The first-order valence-electron chi connectivity index (χ1n) is 11.7. The Bertz CT molecular complexity index is 1310. The Balaban J connectivity index is 1.65. The molecule has 37 heavy (non-hydrogen) atoms. The van der Waals surface area contributed by atoms with Crippen molar-refractivity contribution in [3.8, 4) is 5.75 Å². The average Bonchev–Trinajstić information content (AvgIpc) is 3.24. The van der Waals surface area contributed by atoms with Gasteiger partial charge in [0, 0.05) is 46.2 Å². The number of carbonyl (C=O) groups excluding carboxylic acids is 4. The zero-order valence-electron chi connectivity index (χ0n) is 20.4. The summed E-state index contributed by atoms with van der Waals surface area (Å²) in [4.78, 5) is 71.8. The van der Waals surface area contributed by atoms with E-state index in [1.54, 1.807) is 7.05 Å². The highest BCUT2D eigenvalue weighted by Crippen LogP contribution is 2.24. The lowest BCUT2D eigenvalue weighted by atomic mass is 10.2. The van der Waals surface area contributed by atoms with Gasteiger partial charge in [0.15, 0.2) is 5.69 Å². The molecule has 0 bridgehead atoms. The van der Waals surface area contributed by atoms with Gasteiger partial charge in [0.2, 0.25) is 11.7 Å². The number of halogens is 1. The summed E-state index contributed by atoms with van der Waals surface area (Å²) >= 11 is 0. The van der Waals surface area contributed by atoms with Gasteiger partial charge in [-0.1, -0.05) is 12.1 Å². The molecule has 0 radical (unpaired) electrons. The van der Waals surface area contributed by atoms with Crippen molar-refractivity contribution in [1.29, 1.82) is 0 Å². The number of nitrogens with one attached hydrogen (secondary N) is 1. The van der Waals surface area contributed by atoms with Crippen LogP contribution < -0.4 is 10.9 Å². The number of nitrogens with zero attached hydrogens (tertiary/aromatic N) is 5. The van der Waals surface area contributed by atoms with Crippen LogP contribution >= 0.6 is 0 Å². The van der Waals surface area contributed by atoms with E-state index in [4.69, 9.17) is 0 Å². The van der Waals surface area contributed by atoms with Crippen molar-refractivity contribution >= 4 is 23.6 Å². The highest BCUT2D eigenvalue weighted by atomic mass is 19.1. The number of hydrogen-bond donors (Lipinski definition) is 2. The molecule has 12 nitrogen and oxygen atoms in total. The van der Waals surface area contributed by atoms with Crippen LogP contribution in [0.25, 0.3) is 0 Å². The molecule has 1 saturated heterocycles. The SMILES string of the molecule is CN1CCn2c(nc(C(=O)NCc3ccc(F)cc3)c(O)c2=O)C(N(C)C(=O)C(=O)N2CCCC2=O)C1. The maximum absolute atomic E-state index is 13.1. The molecule has 1 atom stereocenters. The highest BCUT2D eigenvalue weighted by molar-refractivity contribution is 6.37. The quantitative estimate of drug-likeness (QED) is 0.525. The molecule has 1 unspecified atom stereocenters. The first kappa shape index (κ1) is 25.9. The molecule has 0 spiro atoms. The van der Waals surface area contributed by atoms with Crippen LogP contribution in [0.3, 0.4) is 0 Å². The van der Waals surface area contributed by atoms with E-state index in [2.05, 4.69) is 10.3 Å². The molecule has 3 heterocycles. The van der Waals surface area contributed by atoms with Gasteiger partial charge in [-0.15, -0.1) is 0 Å². The van der Waals surface area contributed by atoms with Crippen molar-refractivity contribution in [3.05, 3.63) is 57.5 Å². The van der Waals surface area contributed by atoms with E-state index in [1.165, 1.54) is 35.9 Å². The molecule has 196 valence electrons. The van der Waals surface area contributed by atoms with Crippen molar-refractivity contribution in [3.63, 3.8) is 0 Å². The van der Waals surface area contributed by atoms with Gasteiger partial charge in [-0.3, -0.25) is 33.4 Å². The highest BCUT2D eigenvalue weighted by Gasteiger charge is 2.38. The minimum absolute atomic E-state index is 0.0123. The number of amides is 4. The number of aromatic hydroxyl groups is 1. The third-order valence-electron chi connectivity index (χ3n) is 6.53. The number of likely N-dealkylation sites (N-methyl/N-ethyl adjacent to an activating group) is 2. The molecule has 1 aromatic heterocycles. The first-order valence-corrected chi connectivity index (χ1v) is 11.7. The monoisotopic (exact) mass is 514 g/mol. The molecule has 1 aromatic carbocycles. The molecular weight excluding hydrogens is 487 g/mol. The molecule has 2 aromatic rings. The van der Waals surface area contributed by atoms with Crippen molar-refractivity contribution in [2.45, 2.75) is 32.0 Å². The van der Waals surface area contributed by atoms with E-state index in [9.17, 15) is 33.5 Å². The van der Waals surface area contributed by atoms with Crippen molar-refractivity contribution in [2.75, 3.05) is 33.7 Å². The second kappa shape index (κ2) is 10.5. The molecule has 0 saturated carbocycles. The number of fused-ring (bicyclic) bond motifs is 1. The van der Waals surface area contributed by atoms with Crippen molar-refractivity contribution in [1.82, 2.24) is 29.6 Å². The fraction of sp³-hybridized carbons (Fsp3) is 0.417. The minimum Gasteiger partial charge on any atom is -0.501 e. The van der Waals surface area contributed by atoms with Crippen LogP contribution in [-0.2, 0) is 27.5 Å². The van der Waals surface area contributed by atoms with Crippen LogP contribution in [0.1, 0.15) is 40.8 Å². The molecule has 2 N–H and O–H groups in total. The van der Waals surface area contributed by atoms with Gasteiger partial charge in [-0.05, 0) is 31.2 Å². The fourth-order valence-electron chi connectivity index (χ4n) is 4.36. The summed E-state index contributed by atoms with van der Waals surface area (Å²) in [6.07, 6.45) is 0.660. The second-order valence-electron chi connectivity index (χ2n) is 9.08. The van der Waals surface area contributed by atoms with E-state index in [0.717, 1.165) is 9.80 Å². The number of carbonyl (C=O) groups is 4. The third kappa shape index (κ3) is 5.21. The summed E-state index contributed by atoms with van der Waals surface area (Å²) in [5.74, 6) is -4.45. The minimum atomic E-state index is -0.971. The standard InChI is InChI=1S/C24H27FN6O6/c1-28-10-11-31-20(16(13-28)29(2)23(36)24(37)30-9-3-4-17(30)32)27-18(19(33)22(31)35)21(34)26-12-14-5-7-15(25)8-6-14/h5-8,16,33H,3-4,9-13H2,1-2H3,(H,26,34). The van der Waals surface area contributed by atoms with Gasteiger partial charge >= 0.3 is 11.8 Å². The van der Waals surface area contributed by atoms with E-state index in [0.29, 0.717) is 18.5 Å². The lowest BCUT2D eigenvalue weighted by Crippen LogP contribution is -2.47. The Labute approximate surface area is 211 Å². The van der Waals surface area contributed by atoms with Gasteiger partial charge in [0.25, 0.3) is 11.5 Å². The summed E-state index contributed by atoms with van der Waals surface area (Å²) < 4.78 is 14.3. The topological polar surface area (TPSA) is 145 Å². The van der Waals surface area contributed by atoms with E-state index in [1.807, 2.05) is 4.90 Å². The number of rotatable bonds is 4. The Morgan fingerprint density at radius 2 is 1.86 bits per heavy atom. The van der Waals surface area contributed by atoms with Gasteiger partial charge in [-0.2, -0.15) is 0 Å². The number of imide groups is 1. The Morgan fingerprint density at radius 3 is 2.51 bits per heavy atom. The van der Waals surface area contributed by atoms with E-state index >= 15 is 0 Å². The molecule has 1 fully saturated rings. The zero-order valence-corrected chi connectivity index (χ0v) is 20.4. The Hall–Kier alpha value is -4.13. The predicted molar refractivity (Wildman–Crippen MR) is 127 cm³/mol.